The van der Waals surface area contributed by atoms with Crippen molar-refractivity contribution in [2.75, 3.05) is 7.11 Å². The number of hydrogen-bond acceptors (Lipinski definition) is 5. The van der Waals surface area contributed by atoms with Crippen LogP contribution in [-0.2, 0) is 10.1 Å². The molecule has 0 bridgehead atoms. The van der Waals surface area contributed by atoms with Crippen molar-refractivity contribution in [1.82, 2.24) is 0 Å². The van der Waals surface area contributed by atoms with Gasteiger partial charge in [-0.15, -0.1) is 0 Å². The summed E-state index contributed by atoms with van der Waals surface area (Å²) in [5.74, 6) is -0.181. The van der Waals surface area contributed by atoms with Crippen molar-refractivity contribution in [2.45, 2.75) is 5.44 Å². The lowest BCUT2D eigenvalue weighted by atomic mass is 10.2. The van der Waals surface area contributed by atoms with Crippen LogP contribution in [-0.4, -0.2) is 30.3 Å². The molecule has 1 aromatic rings. The van der Waals surface area contributed by atoms with E-state index in [1.807, 2.05) is 0 Å². The summed E-state index contributed by atoms with van der Waals surface area (Å²) in [6.45, 7) is 0. The van der Waals surface area contributed by atoms with E-state index in [-0.39, 0.29) is 17.1 Å². The Morgan fingerprint density at radius 3 is 2.47 bits per heavy atom. The number of aliphatic hydroxyl groups is 1. The van der Waals surface area contributed by atoms with Gasteiger partial charge in [0.2, 0.25) is 5.44 Å². The minimum atomic E-state index is -4.58. The van der Waals surface area contributed by atoms with Crippen LogP contribution < -0.4 is 4.74 Å². The Morgan fingerprint density at radius 2 is 2.00 bits per heavy atom. The fourth-order valence-electron chi connectivity index (χ4n) is 1.02. The van der Waals surface area contributed by atoms with Gasteiger partial charge in [0.25, 0.3) is 10.1 Å². The molecule has 0 fully saturated rings. The summed E-state index contributed by atoms with van der Waals surface area (Å²) in [5.41, 5.74) is -2.14. The average molecular weight is 234 g/mol. The van der Waals surface area contributed by atoms with E-state index in [0.717, 1.165) is 18.2 Å². The van der Waals surface area contributed by atoms with Crippen LogP contribution in [0.5, 0.6) is 11.5 Å². The van der Waals surface area contributed by atoms with Crippen LogP contribution in [0.25, 0.3) is 0 Å². The summed E-state index contributed by atoms with van der Waals surface area (Å²) in [6, 6.07) is 3.44. The highest BCUT2D eigenvalue weighted by atomic mass is 32.2. The van der Waals surface area contributed by atoms with Crippen LogP contribution in [0.1, 0.15) is 11.0 Å². The molecule has 1 aromatic carbocycles. The lowest BCUT2D eigenvalue weighted by Gasteiger charge is -2.09. The number of rotatable bonds is 3. The second kappa shape index (κ2) is 4.05. The first-order valence-corrected chi connectivity index (χ1v) is 5.38. The van der Waals surface area contributed by atoms with Gasteiger partial charge in [-0.2, -0.15) is 8.42 Å². The molecule has 0 spiro atoms. The Labute approximate surface area is 86.5 Å². The molecule has 6 nitrogen and oxygen atoms in total. The SMILES string of the molecule is COc1cc(C(O)S(=O)(=O)O)ccc1O. The zero-order valence-corrected chi connectivity index (χ0v) is 8.60. The Bertz CT molecular complexity index is 452. The van der Waals surface area contributed by atoms with Crippen LogP contribution in [0.4, 0.5) is 0 Å². The van der Waals surface area contributed by atoms with E-state index in [4.69, 9.17) is 9.29 Å². The first-order chi connectivity index (χ1) is 6.86. The fourth-order valence-corrected chi connectivity index (χ4v) is 1.51. The quantitative estimate of drug-likeness (QED) is 0.649. The average Bonchev–Trinajstić information content (AvgIpc) is 2.16. The van der Waals surface area contributed by atoms with Crippen molar-refractivity contribution < 1.29 is 27.9 Å². The van der Waals surface area contributed by atoms with Gasteiger partial charge in [0.1, 0.15) is 0 Å². The maximum Gasteiger partial charge on any atom is 0.296 e. The summed E-state index contributed by atoms with van der Waals surface area (Å²) in [7, 11) is -3.30. The first kappa shape index (κ1) is 11.8. The molecule has 0 aliphatic heterocycles. The number of hydrogen-bond donors (Lipinski definition) is 3. The molecular formula is C8H10O6S. The molecule has 84 valence electrons. The molecule has 0 radical (unpaired) electrons. The van der Waals surface area contributed by atoms with Gasteiger partial charge in [-0.1, -0.05) is 6.07 Å². The van der Waals surface area contributed by atoms with Gasteiger partial charge in [0, 0.05) is 5.56 Å². The number of ether oxygens (including phenoxy) is 1. The lowest BCUT2D eigenvalue weighted by Crippen LogP contribution is -2.11. The van der Waals surface area contributed by atoms with Crippen LogP contribution in [0, 0.1) is 0 Å². The van der Waals surface area contributed by atoms with E-state index in [1.54, 1.807) is 0 Å². The Hall–Kier alpha value is -1.31. The van der Waals surface area contributed by atoms with Gasteiger partial charge in [0.15, 0.2) is 11.5 Å². The molecule has 0 aliphatic rings. The van der Waals surface area contributed by atoms with Crippen molar-refractivity contribution in [2.24, 2.45) is 0 Å². The fraction of sp³-hybridized carbons (Fsp3) is 0.250. The molecule has 0 aromatic heterocycles. The van der Waals surface area contributed by atoms with Gasteiger partial charge in [-0.3, -0.25) is 4.55 Å². The largest absolute Gasteiger partial charge is 0.504 e. The van der Waals surface area contributed by atoms with Crippen LogP contribution in [0.2, 0.25) is 0 Å². The molecule has 1 atom stereocenters. The van der Waals surface area contributed by atoms with Crippen LogP contribution in [0.3, 0.4) is 0 Å². The van der Waals surface area contributed by atoms with Crippen molar-refractivity contribution in [1.29, 1.82) is 0 Å². The minimum absolute atomic E-state index is 0.00944. The highest BCUT2D eigenvalue weighted by Gasteiger charge is 2.22. The van der Waals surface area contributed by atoms with Gasteiger partial charge >= 0.3 is 0 Å². The summed E-state index contributed by atoms with van der Waals surface area (Å²) >= 11 is 0. The summed E-state index contributed by atoms with van der Waals surface area (Å²) in [5, 5.41) is 18.4. The van der Waals surface area contributed by atoms with Crippen molar-refractivity contribution in [3.05, 3.63) is 23.8 Å². The van der Waals surface area contributed by atoms with Crippen molar-refractivity contribution in [3.8, 4) is 11.5 Å². The van der Waals surface area contributed by atoms with E-state index in [0.29, 0.717) is 0 Å². The molecule has 0 saturated heterocycles. The predicted octanol–water partition coefficient (Wildman–Crippen LogP) is 0.280. The Kier molecular flexibility index (Phi) is 3.18. The van der Waals surface area contributed by atoms with Crippen molar-refractivity contribution >= 4 is 10.1 Å². The predicted molar refractivity (Wildman–Crippen MR) is 51.2 cm³/mol. The van der Waals surface area contributed by atoms with Crippen LogP contribution in [0.15, 0.2) is 18.2 Å². The molecule has 7 heteroatoms. The zero-order chi connectivity index (χ0) is 11.6. The third-order valence-electron chi connectivity index (χ3n) is 1.77. The minimum Gasteiger partial charge on any atom is -0.504 e. The van der Waals surface area contributed by atoms with Crippen molar-refractivity contribution in [3.63, 3.8) is 0 Å². The summed E-state index contributed by atoms with van der Waals surface area (Å²) in [6.07, 6.45) is 0. The number of methoxy groups -OCH3 is 1. The molecular weight excluding hydrogens is 224 g/mol. The number of aromatic hydroxyl groups is 1. The third kappa shape index (κ3) is 2.58. The second-order valence-electron chi connectivity index (χ2n) is 2.80. The smallest absolute Gasteiger partial charge is 0.296 e. The second-order valence-corrected chi connectivity index (χ2v) is 4.28. The zero-order valence-electron chi connectivity index (χ0n) is 7.78. The van der Waals surface area contributed by atoms with E-state index in [9.17, 15) is 18.6 Å². The van der Waals surface area contributed by atoms with E-state index in [1.165, 1.54) is 7.11 Å². The molecule has 3 N–H and O–H groups in total. The summed E-state index contributed by atoms with van der Waals surface area (Å²) < 4.78 is 34.5. The first-order valence-electron chi connectivity index (χ1n) is 3.87. The molecule has 1 unspecified atom stereocenters. The maximum absolute atomic E-state index is 10.6. The highest BCUT2D eigenvalue weighted by molar-refractivity contribution is 7.85. The van der Waals surface area contributed by atoms with Gasteiger partial charge in [0.05, 0.1) is 7.11 Å². The standard InChI is InChI=1S/C8H10O6S/c1-14-7-4-5(2-3-6(7)9)8(10)15(11,12)13/h2-4,8-10H,1H3,(H,11,12,13). The van der Waals surface area contributed by atoms with Gasteiger partial charge in [-0.05, 0) is 12.1 Å². The van der Waals surface area contributed by atoms with Gasteiger partial charge < -0.3 is 14.9 Å². The lowest BCUT2D eigenvalue weighted by molar-refractivity contribution is 0.237. The number of benzene rings is 1. The summed E-state index contributed by atoms with van der Waals surface area (Å²) in [4.78, 5) is 0. The van der Waals surface area contributed by atoms with Crippen LogP contribution >= 0.6 is 0 Å². The van der Waals surface area contributed by atoms with Gasteiger partial charge in [-0.25, -0.2) is 0 Å². The third-order valence-corrected chi connectivity index (χ3v) is 2.61. The Morgan fingerprint density at radius 1 is 1.40 bits per heavy atom. The topological polar surface area (TPSA) is 104 Å². The molecule has 0 saturated carbocycles. The Balaban J connectivity index is 3.17. The molecule has 0 amide bonds. The maximum atomic E-state index is 10.6. The molecule has 1 rings (SSSR count). The van der Waals surface area contributed by atoms with E-state index < -0.39 is 15.6 Å². The number of aliphatic hydroxyl groups excluding tert-OH is 1. The molecule has 0 heterocycles. The molecule has 15 heavy (non-hydrogen) atoms. The number of phenolic OH excluding ortho intramolecular Hbond substituents is 1. The number of phenols is 1. The normalized spacial score (nSPS) is 13.5. The highest BCUT2D eigenvalue weighted by Crippen LogP contribution is 2.30. The monoisotopic (exact) mass is 234 g/mol. The van der Waals surface area contributed by atoms with E-state index in [2.05, 4.69) is 0 Å². The van der Waals surface area contributed by atoms with E-state index >= 15 is 0 Å². The molecule has 0 aliphatic carbocycles.